The summed E-state index contributed by atoms with van der Waals surface area (Å²) in [4.78, 5) is 5.32. The summed E-state index contributed by atoms with van der Waals surface area (Å²) >= 11 is 1.66. The predicted octanol–water partition coefficient (Wildman–Crippen LogP) is 3.56. The Morgan fingerprint density at radius 1 is 1.28 bits per heavy atom. The molecule has 0 aliphatic heterocycles. The number of halogens is 1. The predicted molar refractivity (Wildman–Crippen MR) is 73.2 cm³/mol. The summed E-state index contributed by atoms with van der Waals surface area (Å²) in [6, 6.07) is 7.33. The number of aromatic nitrogens is 1. The van der Waals surface area contributed by atoms with Gasteiger partial charge in [-0.05, 0) is 38.0 Å². The van der Waals surface area contributed by atoms with Gasteiger partial charge in [-0.25, -0.2) is 4.39 Å². The molecule has 18 heavy (non-hydrogen) atoms. The van der Waals surface area contributed by atoms with Crippen molar-refractivity contribution in [2.45, 2.75) is 32.4 Å². The van der Waals surface area contributed by atoms with E-state index in [1.807, 2.05) is 23.8 Å². The minimum Gasteiger partial charge on any atom is -0.307 e. The zero-order valence-electron chi connectivity index (χ0n) is 10.6. The molecule has 1 aromatic heterocycles. The highest BCUT2D eigenvalue weighted by molar-refractivity contribution is 7.09. The monoisotopic (exact) mass is 264 g/mol. The number of nitrogens with zero attached hydrogens (tertiary/aromatic N) is 1. The zero-order valence-corrected chi connectivity index (χ0v) is 11.4. The number of nitrogens with one attached hydrogen (secondary N) is 1. The van der Waals surface area contributed by atoms with Crippen molar-refractivity contribution in [3.63, 3.8) is 0 Å². The normalized spacial score (nSPS) is 14.4. The molecule has 2 atom stereocenters. The summed E-state index contributed by atoms with van der Waals surface area (Å²) in [7, 11) is 0. The van der Waals surface area contributed by atoms with Crippen LogP contribution in [0.15, 0.2) is 36.0 Å². The number of thiazole rings is 1. The molecule has 2 aromatic rings. The molecule has 2 rings (SSSR count). The molecule has 0 amide bonds. The molecular formula is C14H17FN2S. The molecule has 1 heterocycles. The van der Waals surface area contributed by atoms with Gasteiger partial charge in [0, 0.05) is 23.2 Å². The van der Waals surface area contributed by atoms with Crippen LogP contribution in [0.5, 0.6) is 0 Å². The van der Waals surface area contributed by atoms with Crippen LogP contribution < -0.4 is 5.32 Å². The summed E-state index contributed by atoms with van der Waals surface area (Å²) in [5.74, 6) is -0.183. The van der Waals surface area contributed by atoms with Crippen LogP contribution in [0.1, 0.15) is 30.3 Å². The first-order chi connectivity index (χ1) is 8.65. The van der Waals surface area contributed by atoms with Crippen LogP contribution in [0.3, 0.4) is 0 Å². The zero-order chi connectivity index (χ0) is 13.0. The van der Waals surface area contributed by atoms with Gasteiger partial charge in [-0.2, -0.15) is 0 Å². The van der Waals surface area contributed by atoms with E-state index in [-0.39, 0.29) is 5.82 Å². The third-order valence-electron chi connectivity index (χ3n) is 2.87. The lowest BCUT2D eigenvalue weighted by atomic mass is 10.1. The van der Waals surface area contributed by atoms with Crippen LogP contribution >= 0.6 is 11.3 Å². The molecule has 0 fully saturated rings. The Morgan fingerprint density at radius 2 is 2.00 bits per heavy atom. The van der Waals surface area contributed by atoms with Gasteiger partial charge in [0.1, 0.15) is 5.82 Å². The van der Waals surface area contributed by atoms with E-state index in [0.717, 1.165) is 12.0 Å². The molecule has 2 nitrogen and oxygen atoms in total. The quantitative estimate of drug-likeness (QED) is 0.893. The maximum Gasteiger partial charge on any atom is 0.123 e. The number of hydrogen-bond donors (Lipinski definition) is 1. The van der Waals surface area contributed by atoms with Crippen LogP contribution in [0.2, 0.25) is 0 Å². The van der Waals surface area contributed by atoms with E-state index < -0.39 is 0 Å². The Hall–Kier alpha value is -1.26. The van der Waals surface area contributed by atoms with E-state index in [0.29, 0.717) is 12.1 Å². The number of rotatable bonds is 5. The second-order valence-electron chi connectivity index (χ2n) is 4.52. The largest absolute Gasteiger partial charge is 0.307 e. The Bertz CT molecular complexity index is 467. The molecular weight excluding hydrogens is 247 g/mol. The fourth-order valence-electron chi connectivity index (χ4n) is 1.98. The summed E-state index contributed by atoms with van der Waals surface area (Å²) in [5.41, 5.74) is 2.99. The van der Waals surface area contributed by atoms with Crippen molar-refractivity contribution in [3.8, 4) is 0 Å². The highest BCUT2D eigenvalue weighted by Crippen LogP contribution is 2.17. The van der Waals surface area contributed by atoms with Gasteiger partial charge in [-0.1, -0.05) is 12.1 Å². The second kappa shape index (κ2) is 6.07. The lowest BCUT2D eigenvalue weighted by Gasteiger charge is -2.18. The topological polar surface area (TPSA) is 24.9 Å². The maximum absolute atomic E-state index is 12.8. The van der Waals surface area contributed by atoms with E-state index in [9.17, 15) is 4.39 Å². The first-order valence-electron chi connectivity index (χ1n) is 6.04. The standard InChI is InChI=1S/C14H17FN2S/c1-10(7-12-3-5-13(15)6-4-12)17-11(2)14-8-16-9-18-14/h3-6,8-11,17H,7H2,1-2H3. The molecule has 0 bridgehead atoms. The average Bonchev–Trinajstić information content (AvgIpc) is 2.85. The van der Waals surface area contributed by atoms with Gasteiger partial charge in [0.2, 0.25) is 0 Å². The Labute approximate surface area is 111 Å². The van der Waals surface area contributed by atoms with Crippen LogP contribution in [0.25, 0.3) is 0 Å². The van der Waals surface area contributed by atoms with Gasteiger partial charge in [0.25, 0.3) is 0 Å². The van der Waals surface area contributed by atoms with E-state index in [4.69, 9.17) is 0 Å². The molecule has 0 saturated heterocycles. The van der Waals surface area contributed by atoms with E-state index in [1.54, 1.807) is 11.3 Å². The lowest BCUT2D eigenvalue weighted by Crippen LogP contribution is -2.30. The van der Waals surface area contributed by atoms with Crippen molar-refractivity contribution >= 4 is 11.3 Å². The van der Waals surface area contributed by atoms with E-state index in [1.165, 1.54) is 17.0 Å². The van der Waals surface area contributed by atoms with E-state index in [2.05, 4.69) is 24.1 Å². The number of hydrogen-bond acceptors (Lipinski definition) is 3. The lowest BCUT2D eigenvalue weighted by molar-refractivity contribution is 0.481. The average molecular weight is 264 g/mol. The summed E-state index contributed by atoms with van der Waals surface area (Å²) in [5, 5.41) is 3.52. The van der Waals surface area contributed by atoms with Crippen LogP contribution in [0.4, 0.5) is 4.39 Å². The van der Waals surface area contributed by atoms with Crippen molar-refractivity contribution in [1.82, 2.24) is 10.3 Å². The van der Waals surface area contributed by atoms with Crippen molar-refractivity contribution in [1.29, 1.82) is 0 Å². The smallest absolute Gasteiger partial charge is 0.123 e. The molecule has 0 aliphatic carbocycles. The van der Waals surface area contributed by atoms with Crippen molar-refractivity contribution in [2.24, 2.45) is 0 Å². The highest BCUT2D eigenvalue weighted by Gasteiger charge is 2.11. The fraction of sp³-hybridized carbons (Fsp3) is 0.357. The van der Waals surface area contributed by atoms with Gasteiger partial charge in [0.15, 0.2) is 0 Å². The molecule has 4 heteroatoms. The molecule has 2 unspecified atom stereocenters. The van der Waals surface area contributed by atoms with Crippen LogP contribution in [-0.2, 0) is 6.42 Å². The van der Waals surface area contributed by atoms with Gasteiger partial charge < -0.3 is 5.32 Å². The molecule has 0 aliphatic rings. The molecule has 0 radical (unpaired) electrons. The van der Waals surface area contributed by atoms with Crippen LogP contribution in [0, 0.1) is 5.82 Å². The minimum absolute atomic E-state index is 0.183. The Kier molecular flexibility index (Phi) is 4.44. The fourth-order valence-corrected chi connectivity index (χ4v) is 2.62. The number of benzene rings is 1. The third kappa shape index (κ3) is 3.62. The molecule has 96 valence electrons. The van der Waals surface area contributed by atoms with E-state index >= 15 is 0 Å². The molecule has 0 spiro atoms. The van der Waals surface area contributed by atoms with Crippen molar-refractivity contribution < 1.29 is 4.39 Å². The van der Waals surface area contributed by atoms with Gasteiger partial charge in [-0.3, -0.25) is 4.98 Å². The highest BCUT2D eigenvalue weighted by atomic mass is 32.1. The molecule has 1 aromatic carbocycles. The minimum atomic E-state index is -0.183. The second-order valence-corrected chi connectivity index (χ2v) is 5.44. The van der Waals surface area contributed by atoms with Crippen LogP contribution in [-0.4, -0.2) is 11.0 Å². The summed E-state index contributed by atoms with van der Waals surface area (Å²) in [6.07, 6.45) is 2.79. The SMILES string of the molecule is CC(Cc1ccc(F)cc1)NC(C)c1cncs1. The first-order valence-corrected chi connectivity index (χ1v) is 6.92. The van der Waals surface area contributed by atoms with Gasteiger partial charge in [-0.15, -0.1) is 11.3 Å². The Balaban J connectivity index is 1.88. The summed E-state index contributed by atoms with van der Waals surface area (Å²) in [6.45, 7) is 4.27. The Morgan fingerprint density at radius 3 is 2.61 bits per heavy atom. The molecule has 1 N–H and O–H groups in total. The van der Waals surface area contributed by atoms with Crippen molar-refractivity contribution in [3.05, 3.63) is 52.2 Å². The first kappa shape index (κ1) is 13.2. The summed E-state index contributed by atoms with van der Waals surface area (Å²) < 4.78 is 12.8. The third-order valence-corrected chi connectivity index (χ3v) is 3.83. The molecule has 0 saturated carbocycles. The maximum atomic E-state index is 12.8. The van der Waals surface area contributed by atoms with Crippen molar-refractivity contribution in [2.75, 3.05) is 0 Å². The van der Waals surface area contributed by atoms with Gasteiger partial charge >= 0.3 is 0 Å². The van der Waals surface area contributed by atoms with Gasteiger partial charge in [0.05, 0.1) is 5.51 Å².